The molecule has 1 aromatic carbocycles. The highest BCUT2D eigenvalue weighted by molar-refractivity contribution is 5.94. The average molecular weight is 356 g/mol. The van der Waals surface area contributed by atoms with E-state index in [2.05, 4.69) is 11.4 Å². The first-order valence-corrected chi connectivity index (χ1v) is 9.85. The van der Waals surface area contributed by atoms with Gasteiger partial charge in [-0.05, 0) is 44.2 Å². The number of hydrogen-bond donors (Lipinski definition) is 2. The fourth-order valence-corrected chi connectivity index (χ4v) is 3.75. The number of carbonyl (C=O) groups is 2. The molecular formula is C21H30N3O2+. The molecule has 1 saturated heterocycles. The van der Waals surface area contributed by atoms with Gasteiger partial charge >= 0.3 is 0 Å². The number of quaternary nitrogens is 1. The van der Waals surface area contributed by atoms with Crippen molar-refractivity contribution in [1.29, 1.82) is 0 Å². The van der Waals surface area contributed by atoms with Crippen LogP contribution in [-0.4, -0.2) is 56.0 Å². The zero-order valence-electron chi connectivity index (χ0n) is 15.5. The largest absolute Gasteiger partial charge is 0.351 e. The van der Waals surface area contributed by atoms with Gasteiger partial charge in [-0.25, -0.2) is 0 Å². The summed E-state index contributed by atoms with van der Waals surface area (Å²) < 4.78 is 0. The second-order valence-corrected chi connectivity index (χ2v) is 7.29. The Morgan fingerprint density at radius 1 is 1.08 bits per heavy atom. The molecule has 0 bridgehead atoms. The number of hydrogen-bond acceptors (Lipinski definition) is 2. The molecule has 2 N–H and O–H groups in total. The summed E-state index contributed by atoms with van der Waals surface area (Å²) in [5, 5.41) is 3.06. The number of carbonyl (C=O) groups excluding carboxylic acids is 2. The molecule has 2 amide bonds. The maximum Gasteiger partial charge on any atom is 0.275 e. The van der Waals surface area contributed by atoms with Crippen LogP contribution >= 0.6 is 0 Å². The molecule has 5 nitrogen and oxygen atoms in total. The van der Waals surface area contributed by atoms with Crippen LogP contribution in [0.4, 0.5) is 0 Å². The Bertz CT molecular complexity index is 634. The minimum absolute atomic E-state index is 0.0925. The second-order valence-electron chi connectivity index (χ2n) is 7.29. The lowest BCUT2D eigenvalue weighted by Gasteiger charge is -2.32. The Labute approximate surface area is 156 Å². The number of rotatable bonds is 6. The molecule has 0 atom stereocenters. The zero-order chi connectivity index (χ0) is 18.2. The molecule has 0 radical (unpaired) electrons. The van der Waals surface area contributed by atoms with Crippen molar-refractivity contribution in [1.82, 2.24) is 10.2 Å². The monoisotopic (exact) mass is 356 g/mol. The Hall–Kier alpha value is -2.14. The van der Waals surface area contributed by atoms with Gasteiger partial charge < -0.3 is 15.1 Å². The van der Waals surface area contributed by atoms with E-state index in [1.54, 1.807) is 0 Å². The summed E-state index contributed by atoms with van der Waals surface area (Å²) in [5.74, 6) is 0.217. The predicted molar refractivity (Wildman–Crippen MR) is 102 cm³/mol. The Morgan fingerprint density at radius 3 is 2.54 bits per heavy atom. The van der Waals surface area contributed by atoms with E-state index in [4.69, 9.17) is 0 Å². The molecule has 1 fully saturated rings. The third-order valence-electron chi connectivity index (χ3n) is 5.34. The summed E-state index contributed by atoms with van der Waals surface area (Å²) in [6.45, 7) is 4.34. The van der Waals surface area contributed by atoms with Crippen molar-refractivity contribution in [2.75, 3.05) is 39.3 Å². The van der Waals surface area contributed by atoms with Crippen LogP contribution in [0.2, 0.25) is 0 Å². The Balaban J connectivity index is 1.35. The van der Waals surface area contributed by atoms with Crippen molar-refractivity contribution in [2.45, 2.75) is 32.1 Å². The minimum atomic E-state index is 0.0925. The normalized spacial score (nSPS) is 18.3. The van der Waals surface area contributed by atoms with Gasteiger partial charge in [-0.1, -0.05) is 29.8 Å². The van der Waals surface area contributed by atoms with Crippen LogP contribution in [0.15, 0.2) is 42.0 Å². The third-order valence-corrected chi connectivity index (χ3v) is 5.34. The molecule has 0 saturated carbocycles. The van der Waals surface area contributed by atoms with E-state index >= 15 is 0 Å². The quantitative estimate of drug-likeness (QED) is 0.748. The van der Waals surface area contributed by atoms with Gasteiger partial charge in [0.2, 0.25) is 0 Å². The van der Waals surface area contributed by atoms with Crippen molar-refractivity contribution < 1.29 is 14.5 Å². The zero-order valence-corrected chi connectivity index (χ0v) is 15.5. The Morgan fingerprint density at radius 2 is 1.85 bits per heavy atom. The van der Waals surface area contributed by atoms with E-state index in [9.17, 15) is 9.59 Å². The molecule has 1 aliphatic heterocycles. The molecule has 140 valence electrons. The van der Waals surface area contributed by atoms with Crippen molar-refractivity contribution in [3.63, 3.8) is 0 Å². The molecule has 1 aliphatic carbocycles. The van der Waals surface area contributed by atoms with Crippen LogP contribution in [0.25, 0.3) is 0 Å². The van der Waals surface area contributed by atoms with Gasteiger partial charge in [0, 0.05) is 12.1 Å². The van der Waals surface area contributed by atoms with Gasteiger partial charge in [0.1, 0.15) is 0 Å². The number of nitrogens with one attached hydrogen (secondary N) is 2. The number of benzene rings is 1. The summed E-state index contributed by atoms with van der Waals surface area (Å²) in [7, 11) is 0. The van der Waals surface area contributed by atoms with Crippen LogP contribution < -0.4 is 10.2 Å². The standard InChI is InChI=1S/C21H29N3O2/c25-20(22-12-11-18-7-3-1-4-8-18)17-23-13-15-24(16-14-23)21(26)19-9-5-2-6-10-19/h2,5-7,9-10H,1,3-4,8,11-17H2,(H,22,25)/p+1. The lowest BCUT2D eigenvalue weighted by atomic mass is 9.97. The molecule has 3 rings (SSSR count). The molecular weight excluding hydrogens is 326 g/mol. The minimum Gasteiger partial charge on any atom is -0.351 e. The number of amides is 2. The number of allylic oxidation sites excluding steroid dienone is 1. The molecule has 0 spiro atoms. The SMILES string of the molecule is O=C(C[NH+]1CCN(C(=O)c2ccccc2)CC1)NCCC1=CCCCC1. The second kappa shape index (κ2) is 9.53. The fraction of sp³-hybridized carbons (Fsp3) is 0.524. The van der Waals surface area contributed by atoms with Crippen molar-refractivity contribution in [3.05, 3.63) is 47.5 Å². The third kappa shape index (κ3) is 5.43. The topological polar surface area (TPSA) is 53.9 Å². The maximum absolute atomic E-state index is 12.5. The first-order valence-electron chi connectivity index (χ1n) is 9.85. The maximum atomic E-state index is 12.5. The van der Waals surface area contributed by atoms with Crippen LogP contribution in [0.3, 0.4) is 0 Å². The van der Waals surface area contributed by atoms with E-state index in [0.717, 1.165) is 31.6 Å². The van der Waals surface area contributed by atoms with E-state index in [1.807, 2.05) is 35.2 Å². The summed E-state index contributed by atoms with van der Waals surface area (Å²) in [6.07, 6.45) is 8.30. The van der Waals surface area contributed by atoms with Gasteiger partial charge in [0.05, 0.1) is 26.2 Å². The van der Waals surface area contributed by atoms with Crippen LogP contribution in [0.1, 0.15) is 42.5 Å². The lowest BCUT2D eigenvalue weighted by Crippen LogP contribution is -3.15. The Kier molecular flexibility index (Phi) is 6.83. The van der Waals surface area contributed by atoms with Gasteiger partial charge in [-0.3, -0.25) is 9.59 Å². The predicted octanol–water partition coefficient (Wildman–Crippen LogP) is 1.03. The lowest BCUT2D eigenvalue weighted by molar-refractivity contribution is -0.896. The van der Waals surface area contributed by atoms with Crippen LogP contribution in [0.5, 0.6) is 0 Å². The molecule has 0 unspecified atom stereocenters. The van der Waals surface area contributed by atoms with E-state index < -0.39 is 0 Å². The van der Waals surface area contributed by atoms with Gasteiger partial charge in [0.15, 0.2) is 6.54 Å². The highest BCUT2D eigenvalue weighted by Gasteiger charge is 2.25. The van der Waals surface area contributed by atoms with Crippen molar-refractivity contribution in [3.8, 4) is 0 Å². The molecule has 5 heteroatoms. The molecule has 0 aromatic heterocycles. The first kappa shape index (κ1) is 18.6. The molecule has 26 heavy (non-hydrogen) atoms. The molecule has 2 aliphatic rings. The number of piperazine rings is 1. The summed E-state index contributed by atoms with van der Waals surface area (Å²) >= 11 is 0. The number of nitrogens with zero attached hydrogens (tertiary/aromatic N) is 1. The van der Waals surface area contributed by atoms with E-state index in [1.165, 1.54) is 36.2 Å². The van der Waals surface area contributed by atoms with Crippen molar-refractivity contribution in [2.24, 2.45) is 0 Å². The van der Waals surface area contributed by atoms with Gasteiger partial charge in [0.25, 0.3) is 11.8 Å². The smallest absolute Gasteiger partial charge is 0.275 e. The summed E-state index contributed by atoms with van der Waals surface area (Å²) in [4.78, 5) is 27.8. The molecule has 1 aromatic rings. The highest BCUT2D eigenvalue weighted by atomic mass is 16.2. The highest BCUT2D eigenvalue weighted by Crippen LogP contribution is 2.19. The fourth-order valence-electron chi connectivity index (χ4n) is 3.75. The van der Waals surface area contributed by atoms with Crippen LogP contribution in [0, 0.1) is 0 Å². The van der Waals surface area contributed by atoms with E-state index in [-0.39, 0.29) is 11.8 Å². The first-order chi connectivity index (χ1) is 12.7. The van der Waals surface area contributed by atoms with E-state index in [0.29, 0.717) is 19.6 Å². The van der Waals surface area contributed by atoms with Crippen molar-refractivity contribution >= 4 is 11.8 Å². The summed E-state index contributed by atoms with van der Waals surface area (Å²) in [5.41, 5.74) is 2.24. The average Bonchev–Trinajstić information content (AvgIpc) is 2.69. The van der Waals surface area contributed by atoms with Gasteiger partial charge in [-0.2, -0.15) is 0 Å². The molecule has 1 heterocycles. The summed E-state index contributed by atoms with van der Waals surface area (Å²) in [6, 6.07) is 9.42. The van der Waals surface area contributed by atoms with Crippen LogP contribution in [-0.2, 0) is 4.79 Å². The van der Waals surface area contributed by atoms with Gasteiger partial charge in [-0.15, -0.1) is 0 Å².